The molecule has 7 nitrogen and oxygen atoms in total. The van der Waals surface area contributed by atoms with Gasteiger partial charge in [0.25, 0.3) is 5.22 Å². The van der Waals surface area contributed by atoms with Crippen molar-refractivity contribution in [3.05, 3.63) is 46.8 Å². The number of aromatic nitrogens is 4. The molecule has 1 amide bonds. The summed E-state index contributed by atoms with van der Waals surface area (Å²) in [5, 5.41) is 11.0. The quantitative estimate of drug-likeness (QED) is 0.653. The van der Waals surface area contributed by atoms with Gasteiger partial charge in [0.05, 0.1) is 15.3 Å². The molecule has 1 N–H and O–H groups in total. The number of thioether (sulfide) groups is 1. The molecule has 0 aliphatic rings. The van der Waals surface area contributed by atoms with Crippen LogP contribution in [0.2, 0.25) is 10.0 Å². The lowest BCUT2D eigenvalue weighted by molar-refractivity contribution is -0.115. The lowest BCUT2D eigenvalue weighted by atomic mass is 10.3. The van der Waals surface area contributed by atoms with E-state index in [0.29, 0.717) is 10.9 Å². The van der Waals surface area contributed by atoms with E-state index in [1.165, 1.54) is 12.3 Å². The summed E-state index contributed by atoms with van der Waals surface area (Å²) in [4.78, 5) is 20.2. The molecule has 0 aliphatic carbocycles. The van der Waals surface area contributed by atoms with Crippen molar-refractivity contribution < 1.29 is 9.21 Å². The van der Waals surface area contributed by atoms with Gasteiger partial charge >= 0.3 is 0 Å². The Balaban J connectivity index is 1.65. The van der Waals surface area contributed by atoms with Crippen LogP contribution in [0.5, 0.6) is 0 Å². The molecule has 1 atom stereocenters. The molecule has 10 heteroatoms. The van der Waals surface area contributed by atoms with Crippen molar-refractivity contribution in [2.75, 3.05) is 5.32 Å². The largest absolute Gasteiger partial charge is 0.411 e. The maximum Gasteiger partial charge on any atom is 0.277 e. The molecular formula is C15H11Cl2N5O2S. The van der Waals surface area contributed by atoms with Crippen LogP contribution in [-0.4, -0.2) is 31.3 Å². The van der Waals surface area contributed by atoms with Gasteiger partial charge in [0.2, 0.25) is 11.8 Å². The number of carbonyl (C=O) groups excluding carboxylic acids is 1. The summed E-state index contributed by atoms with van der Waals surface area (Å²) in [6, 6.07) is 5.02. The van der Waals surface area contributed by atoms with Crippen LogP contribution in [0, 0.1) is 0 Å². The summed E-state index contributed by atoms with van der Waals surface area (Å²) >= 11 is 12.9. The Bertz CT molecular complexity index is 891. The van der Waals surface area contributed by atoms with Crippen LogP contribution in [-0.2, 0) is 4.79 Å². The molecule has 1 unspecified atom stereocenters. The molecule has 0 spiro atoms. The van der Waals surface area contributed by atoms with Crippen LogP contribution in [0.3, 0.4) is 0 Å². The normalized spacial score (nSPS) is 12.0. The maximum atomic E-state index is 12.3. The van der Waals surface area contributed by atoms with Gasteiger partial charge in [-0.3, -0.25) is 9.78 Å². The number of nitrogens with zero attached hydrogens (tertiary/aromatic N) is 4. The summed E-state index contributed by atoms with van der Waals surface area (Å²) in [6.07, 6.45) is 4.66. The van der Waals surface area contributed by atoms with Crippen molar-refractivity contribution in [1.29, 1.82) is 0 Å². The van der Waals surface area contributed by atoms with Crippen LogP contribution in [0.1, 0.15) is 6.92 Å². The highest BCUT2D eigenvalue weighted by Gasteiger charge is 2.20. The molecule has 0 aromatic carbocycles. The van der Waals surface area contributed by atoms with Gasteiger partial charge in [-0.15, -0.1) is 10.2 Å². The summed E-state index contributed by atoms with van der Waals surface area (Å²) in [5.74, 6) is 0.303. The fourth-order valence-electron chi connectivity index (χ4n) is 1.80. The van der Waals surface area contributed by atoms with Crippen LogP contribution >= 0.6 is 35.0 Å². The number of carbonyl (C=O) groups is 1. The van der Waals surface area contributed by atoms with E-state index in [0.717, 1.165) is 17.3 Å². The molecule has 3 heterocycles. The Kier molecular flexibility index (Phi) is 5.52. The Morgan fingerprint density at radius 2 is 2.04 bits per heavy atom. The van der Waals surface area contributed by atoms with E-state index in [-0.39, 0.29) is 22.0 Å². The number of halogens is 2. The van der Waals surface area contributed by atoms with Gasteiger partial charge in [0, 0.05) is 24.2 Å². The molecule has 0 bridgehead atoms. The van der Waals surface area contributed by atoms with E-state index >= 15 is 0 Å². The van der Waals surface area contributed by atoms with E-state index < -0.39 is 5.25 Å². The molecule has 128 valence electrons. The first-order valence-electron chi connectivity index (χ1n) is 7.05. The van der Waals surface area contributed by atoms with Crippen molar-refractivity contribution in [2.45, 2.75) is 17.4 Å². The maximum absolute atomic E-state index is 12.3. The van der Waals surface area contributed by atoms with E-state index in [2.05, 4.69) is 25.5 Å². The number of hydrogen-bond acceptors (Lipinski definition) is 7. The number of amides is 1. The third-order valence-electron chi connectivity index (χ3n) is 3.03. The molecular weight excluding hydrogens is 385 g/mol. The van der Waals surface area contributed by atoms with Gasteiger partial charge in [-0.25, -0.2) is 4.98 Å². The lowest BCUT2D eigenvalue weighted by Crippen LogP contribution is -2.23. The molecule has 0 fully saturated rings. The van der Waals surface area contributed by atoms with Crippen molar-refractivity contribution >= 4 is 46.7 Å². The molecule has 0 aliphatic heterocycles. The molecule has 0 radical (unpaired) electrons. The fraction of sp³-hybridized carbons (Fsp3) is 0.133. The van der Waals surface area contributed by atoms with Crippen molar-refractivity contribution in [2.24, 2.45) is 0 Å². The molecule has 25 heavy (non-hydrogen) atoms. The monoisotopic (exact) mass is 395 g/mol. The van der Waals surface area contributed by atoms with E-state index in [1.807, 2.05) is 0 Å². The first-order chi connectivity index (χ1) is 12.0. The highest BCUT2D eigenvalue weighted by molar-refractivity contribution is 8.00. The zero-order valence-corrected chi connectivity index (χ0v) is 15.1. The van der Waals surface area contributed by atoms with Gasteiger partial charge in [-0.2, -0.15) is 0 Å². The second-order valence-electron chi connectivity index (χ2n) is 4.84. The second-order valence-corrected chi connectivity index (χ2v) is 6.98. The Morgan fingerprint density at radius 3 is 2.76 bits per heavy atom. The number of nitrogens with one attached hydrogen (secondary N) is 1. The number of pyridine rings is 2. The SMILES string of the molecule is CC(Sc1nnc(-c2ccncc2)o1)C(=O)Nc1ncc(Cl)cc1Cl. The average Bonchev–Trinajstić information content (AvgIpc) is 3.06. The Hall–Kier alpha value is -2.16. The smallest absolute Gasteiger partial charge is 0.277 e. The number of anilines is 1. The topological polar surface area (TPSA) is 93.8 Å². The minimum Gasteiger partial charge on any atom is -0.411 e. The molecule has 3 rings (SSSR count). The van der Waals surface area contributed by atoms with Gasteiger partial charge in [0.15, 0.2) is 5.82 Å². The van der Waals surface area contributed by atoms with Gasteiger partial charge in [-0.05, 0) is 25.1 Å². The van der Waals surface area contributed by atoms with Crippen molar-refractivity contribution in [3.8, 4) is 11.5 Å². The van der Waals surface area contributed by atoms with E-state index in [4.69, 9.17) is 27.6 Å². The lowest BCUT2D eigenvalue weighted by Gasteiger charge is -2.10. The zero-order valence-electron chi connectivity index (χ0n) is 12.8. The first-order valence-corrected chi connectivity index (χ1v) is 8.69. The number of hydrogen-bond donors (Lipinski definition) is 1. The van der Waals surface area contributed by atoms with Crippen molar-refractivity contribution in [1.82, 2.24) is 20.2 Å². The Morgan fingerprint density at radius 1 is 1.28 bits per heavy atom. The minimum atomic E-state index is -0.501. The fourth-order valence-corrected chi connectivity index (χ4v) is 2.91. The number of rotatable bonds is 5. The summed E-state index contributed by atoms with van der Waals surface area (Å²) in [5.41, 5.74) is 0.753. The van der Waals surface area contributed by atoms with Crippen LogP contribution < -0.4 is 5.32 Å². The third kappa shape index (κ3) is 4.47. The summed E-state index contributed by atoms with van der Waals surface area (Å²) < 4.78 is 5.55. The highest BCUT2D eigenvalue weighted by atomic mass is 35.5. The highest BCUT2D eigenvalue weighted by Crippen LogP contribution is 2.27. The van der Waals surface area contributed by atoms with Crippen LogP contribution in [0.25, 0.3) is 11.5 Å². The van der Waals surface area contributed by atoms with E-state index in [9.17, 15) is 4.79 Å². The predicted octanol–water partition coefficient (Wildman–Crippen LogP) is 3.95. The third-order valence-corrected chi connectivity index (χ3v) is 4.46. The molecule has 3 aromatic heterocycles. The summed E-state index contributed by atoms with van der Waals surface area (Å²) in [6.45, 7) is 1.71. The minimum absolute atomic E-state index is 0.242. The zero-order chi connectivity index (χ0) is 17.8. The Labute approximate surface area is 157 Å². The molecule has 0 saturated carbocycles. The molecule has 3 aromatic rings. The van der Waals surface area contributed by atoms with E-state index in [1.54, 1.807) is 31.5 Å². The standard InChI is InChI=1S/C15H11Cl2N5O2S/c1-8(13(23)20-12-11(17)6-10(16)7-19-12)25-15-22-21-14(24-15)9-2-4-18-5-3-9/h2-8H,1H3,(H,19,20,23). The van der Waals surface area contributed by atoms with Gasteiger partial charge in [-0.1, -0.05) is 35.0 Å². The second kappa shape index (κ2) is 7.81. The predicted molar refractivity (Wildman–Crippen MR) is 95.7 cm³/mol. The molecule has 0 saturated heterocycles. The van der Waals surface area contributed by atoms with Gasteiger partial charge < -0.3 is 9.73 Å². The van der Waals surface area contributed by atoms with Crippen molar-refractivity contribution in [3.63, 3.8) is 0 Å². The average molecular weight is 396 g/mol. The van der Waals surface area contributed by atoms with Crippen LogP contribution in [0.4, 0.5) is 5.82 Å². The van der Waals surface area contributed by atoms with Gasteiger partial charge in [0.1, 0.15) is 0 Å². The summed E-state index contributed by atoms with van der Waals surface area (Å²) in [7, 11) is 0. The first kappa shape index (κ1) is 17.7. The van der Waals surface area contributed by atoms with Crippen LogP contribution in [0.15, 0.2) is 46.4 Å².